The predicted octanol–water partition coefficient (Wildman–Crippen LogP) is -0.151. The van der Waals surface area contributed by atoms with Gasteiger partial charge in [-0.2, -0.15) is 0 Å². The first-order chi connectivity index (χ1) is 9.49. The maximum absolute atomic E-state index is 12.0. The van der Waals surface area contributed by atoms with Crippen molar-refractivity contribution in [1.82, 2.24) is 9.80 Å². The smallest absolute Gasteiger partial charge is 0.308 e. The van der Waals surface area contributed by atoms with E-state index in [9.17, 15) is 19.2 Å². The highest BCUT2D eigenvalue weighted by Crippen LogP contribution is 2.18. The third kappa shape index (κ3) is 3.15. The zero-order chi connectivity index (χ0) is 14.7. The lowest BCUT2D eigenvalue weighted by molar-refractivity contribution is -0.145. The average molecular weight is 282 g/mol. The van der Waals surface area contributed by atoms with E-state index in [1.807, 2.05) is 0 Å². The van der Waals surface area contributed by atoms with Gasteiger partial charge < -0.3 is 10.0 Å². The molecule has 0 unspecified atom stereocenters. The Kier molecular flexibility index (Phi) is 4.36. The number of aliphatic carboxylic acids is 1. The number of imide groups is 1. The first-order valence-electron chi connectivity index (χ1n) is 6.83. The number of carboxylic acid groups (broad SMARTS) is 1. The largest absolute Gasteiger partial charge is 0.481 e. The van der Waals surface area contributed by atoms with Crippen LogP contribution in [0.2, 0.25) is 0 Å². The van der Waals surface area contributed by atoms with Gasteiger partial charge >= 0.3 is 5.97 Å². The Morgan fingerprint density at radius 2 is 1.85 bits per heavy atom. The van der Waals surface area contributed by atoms with Crippen LogP contribution in [-0.2, 0) is 19.2 Å². The molecule has 0 aromatic heterocycles. The second kappa shape index (κ2) is 6.02. The molecule has 0 aliphatic carbocycles. The van der Waals surface area contributed by atoms with Crippen LogP contribution in [0.5, 0.6) is 0 Å². The summed E-state index contributed by atoms with van der Waals surface area (Å²) >= 11 is 0. The maximum atomic E-state index is 12.0. The zero-order valence-electron chi connectivity index (χ0n) is 11.2. The molecule has 0 aromatic carbocycles. The molecule has 7 nitrogen and oxygen atoms in total. The van der Waals surface area contributed by atoms with Gasteiger partial charge in [-0.05, 0) is 12.8 Å². The molecule has 0 bridgehead atoms. The van der Waals surface area contributed by atoms with E-state index in [4.69, 9.17) is 5.11 Å². The van der Waals surface area contributed by atoms with E-state index in [0.29, 0.717) is 19.4 Å². The predicted molar refractivity (Wildman–Crippen MR) is 67.5 cm³/mol. The molecule has 7 heteroatoms. The molecular formula is C13H18N2O5. The van der Waals surface area contributed by atoms with E-state index >= 15 is 0 Å². The second-order valence-electron chi connectivity index (χ2n) is 5.21. The number of likely N-dealkylation sites (tertiary alicyclic amines) is 2. The topological polar surface area (TPSA) is 95.0 Å². The lowest BCUT2D eigenvalue weighted by Gasteiger charge is -2.31. The molecule has 0 radical (unpaired) electrons. The number of carboxylic acids is 1. The minimum atomic E-state index is -0.882. The Labute approximate surface area is 116 Å². The van der Waals surface area contributed by atoms with Gasteiger partial charge in [-0.3, -0.25) is 24.1 Å². The van der Waals surface area contributed by atoms with Crippen molar-refractivity contribution in [2.75, 3.05) is 19.6 Å². The third-order valence-electron chi connectivity index (χ3n) is 3.83. The highest BCUT2D eigenvalue weighted by molar-refractivity contribution is 6.02. The van der Waals surface area contributed by atoms with E-state index in [-0.39, 0.29) is 50.1 Å². The van der Waals surface area contributed by atoms with E-state index < -0.39 is 11.9 Å². The summed E-state index contributed by atoms with van der Waals surface area (Å²) < 4.78 is 0. The average Bonchev–Trinajstić information content (AvgIpc) is 2.75. The molecule has 0 saturated carbocycles. The highest BCUT2D eigenvalue weighted by atomic mass is 16.4. The number of carbonyl (C=O) groups excluding carboxylic acids is 3. The van der Waals surface area contributed by atoms with Crippen molar-refractivity contribution in [2.24, 2.45) is 5.92 Å². The van der Waals surface area contributed by atoms with E-state index in [1.54, 1.807) is 0 Å². The standard InChI is InChI=1S/C13H18N2O5/c16-10(5-7-15-11(17)3-4-12(15)18)14-6-1-2-9(8-14)13(19)20/h9H,1-8H2,(H,19,20)/t9-/m0/s1. The van der Waals surface area contributed by atoms with E-state index in [1.165, 1.54) is 4.90 Å². The van der Waals surface area contributed by atoms with Gasteiger partial charge in [0.2, 0.25) is 17.7 Å². The molecule has 2 fully saturated rings. The molecular weight excluding hydrogens is 264 g/mol. The van der Waals surface area contributed by atoms with Crippen LogP contribution in [0.1, 0.15) is 32.1 Å². The zero-order valence-corrected chi connectivity index (χ0v) is 11.2. The molecule has 3 amide bonds. The minimum Gasteiger partial charge on any atom is -0.481 e. The normalized spacial score (nSPS) is 23.3. The number of piperidine rings is 1. The molecule has 2 rings (SSSR count). The lowest BCUT2D eigenvalue weighted by Crippen LogP contribution is -2.43. The molecule has 20 heavy (non-hydrogen) atoms. The summed E-state index contributed by atoms with van der Waals surface area (Å²) in [7, 11) is 0. The fraction of sp³-hybridized carbons (Fsp3) is 0.692. The van der Waals surface area contributed by atoms with Gasteiger partial charge in [0.25, 0.3) is 0 Å². The number of rotatable bonds is 4. The van der Waals surface area contributed by atoms with Crippen LogP contribution in [0.15, 0.2) is 0 Å². The van der Waals surface area contributed by atoms with Gasteiger partial charge in [-0.15, -0.1) is 0 Å². The van der Waals surface area contributed by atoms with Crippen LogP contribution in [0.25, 0.3) is 0 Å². The Bertz CT molecular complexity index is 432. The molecule has 2 aliphatic rings. The molecule has 0 spiro atoms. The lowest BCUT2D eigenvalue weighted by atomic mass is 9.98. The Hall–Kier alpha value is -1.92. The summed E-state index contributed by atoms with van der Waals surface area (Å²) in [6.45, 7) is 0.866. The van der Waals surface area contributed by atoms with Crippen molar-refractivity contribution in [3.8, 4) is 0 Å². The van der Waals surface area contributed by atoms with Crippen LogP contribution in [-0.4, -0.2) is 58.2 Å². The Morgan fingerprint density at radius 1 is 1.20 bits per heavy atom. The molecule has 110 valence electrons. The molecule has 2 aliphatic heterocycles. The van der Waals surface area contributed by atoms with E-state index in [2.05, 4.69) is 0 Å². The fourth-order valence-corrected chi connectivity index (χ4v) is 2.64. The summed E-state index contributed by atoms with van der Waals surface area (Å²) in [6.07, 6.45) is 1.77. The maximum Gasteiger partial charge on any atom is 0.308 e. The third-order valence-corrected chi connectivity index (χ3v) is 3.83. The van der Waals surface area contributed by atoms with Crippen molar-refractivity contribution >= 4 is 23.7 Å². The van der Waals surface area contributed by atoms with Gasteiger partial charge in [0.05, 0.1) is 5.92 Å². The number of carbonyl (C=O) groups is 4. The number of amides is 3. The molecule has 1 atom stereocenters. The Morgan fingerprint density at radius 3 is 2.45 bits per heavy atom. The number of hydrogen-bond donors (Lipinski definition) is 1. The minimum absolute atomic E-state index is 0.0732. The van der Waals surface area contributed by atoms with Crippen molar-refractivity contribution in [3.63, 3.8) is 0 Å². The summed E-state index contributed by atoms with van der Waals surface area (Å²) in [4.78, 5) is 48.4. The van der Waals surface area contributed by atoms with Crippen LogP contribution in [0.4, 0.5) is 0 Å². The van der Waals surface area contributed by atoms with Crippen molar-refractivity contribution in [1.29, 1.82) is 0 Å². The summed E-state index contributed by atoms with van der Waals surface area (Å²) in [5.41, 5.74) is 0. The number of hydrogen-bond acceptors (Lipinski definition) is 4. The Balaban J connectivity index is 1.84. The van der Waals surface area contributed by atoms with Gasteiger partial charge in [0.15, 0.2) is 0 Å². The summed E-state index contributed by atoms with van der Waals surface area (Å²) in [6, 6.07) is 0. The van der Waals surface area contributed by atoms with Crippen LogP contribution in [0, 0.1) is 5.92 Å². The number of nitrogens with zero attached hydrogens (tertiary/aromatic N) is 2. The SMILES string of the molecule is O=C(O)[C@H]1CCCN(C(=O)CCN2C(=O)CCC2=O)C1. The molecule has 2 heterocycles. The van der Waals surface area contributed by atoms with Crippen LogP contribution < -0.4 is 0 Å². The van der Waals surface area contributed by atoms with Gasteiger partial charge in [-0.25, -0.2) is 0 Å². The molecule has 1 N–H and O–H groups in total. The monoisotopic (exact) mass is 282 g/mol. The second-order valence-corrected chi connectivity index (χ2v) is 5.21. The van der Waals surface area contributed by atoms with Crippen molar-refractivity contribution in [2.45, 2.75) is 32.1 Å². The van der Waals surface area contributed by atoms with Crippen molar-refractivity contribution < 1.29 is 24.3 Å². The van der Waals surface area contributed by atoms with Crippen LogP contribution in [0.3, 0.4) is 0 Å². The summed E-state index contributed by atoms with van der Waals surface area (Å²) in [5.74, 6) is -2.05. The first kappa shape index (κ1) is 14.5. The van der Waals surface area contributed by atoms with Gasteiger partial charge in [-0.1, -0.05) is 0 Å². The van der Waals surface area contributed by atoms with Crippen molar-refractivity contribution in [3.05, 3.63) is 0 Å². The van der Waals surface area contributed by atoms with Gasteiger partial charge in [0.1, 0.15) is 0 Å². The molecule has 2 saturated heterocycles. The van der Waals surface area contributed by atoms with Gasteiger partial charge in [0, 0.05) is 38.9 Å². The van der Waals surface area contributed by atoms with E-state index in [0.717, 1.165) is 4.90 Å². The van der Waals surface area contributed by atoms with Crippen LogP contribution >= 0.6 is 0 Å². The molecule has 0 aromatic rings. The quantitative estimate of drug-likeness (QED) is 0.723. The first-order valence-corrected chi connectivity index (χ1v) is 6.83. The highest BCUT2D eigenvalue weighted by Gasteiger charge is 2.31. The fourth-order valence-electron chi connectivity index (χ4n) is 2.64. The summed E-state index contributed by atoms with van der Waals surface area (Å²) in [5, 5.41) is 8.97.